The summed E-state index contributed by atoms with van der Waals surface area (Å²) in [5.41, 5.74) is 0.974. The van der Waals surface area contributed by atoms with Crippen molar-refractivity contribution in [2.45, 2.75) is 52.9 Å². The molecule has 2 aromatic carbocycles. The van der Waals surface area contributed by atoms with E-state index in [0.29, 0.717) is 6.42 Å². The Morgan fingerprint density at radius 2 is 1.59 bits per heavy atom. The molecule has 0 spiro atoms. The number of unbranched alkanes of at least 4 members (excludes halogenated alkanes) is 3. The van der Waals surface area contributed by atoms with E-state index < -0.39 is 11.7 Å². The second-order valence-corrected chi connectivity index (χ2v) is 7.21. The van der Waals surface area contributed by atoms with E-state index in [9.17, 15) is 25.2 Å². The second-order valence-electron chi connectivity index (χ2n) is 7.21. The molecule has 2 rings (SSSR count). The number of ether oxygens (including phenoxy) is 1. The quantitative estimate of drug-likeness (QED) is 0.154. The Hall–Kier alpha value is -3.15. The van der Waals surface area contributed by atoms with Crippen molar-refractivity contribution in [1.29, 1.82) is 0 Å². The number of phenolic OH excluding ortho intramolecular Hbond substituents is 4. The molecule has 0 aliphatic carbocycles. The Morgan fingerprint density at radius 3 is 2.21 bits per heavy atom. The fourth-order valence-electron chi connectivity index (χ4n) is 2.97. The van der Waals surface area contributed by atoms with Gasteiger partial charge in [-0.15, -0.1) is 0 Å². The average molecular weight is 400 g/mol. The summed E-state index contributed by atoms with van der Waals surface area (Å²) in [5, 5.41) is 41.1. The maximum atomic E-state index is 12.3. The molecule has 0 saturated carbocycles. The number of fused-ring (bicyclic) bond motifs is 1. The van der Waals surface area contributed by atoms with Crippen LogP contribution < -0.4 is 0 Å². The summed E-state index contributed by atoms with van der Waals surface area (Å²) in [4.78, 5) is 12.3. The zero-order valence-electron chi connectivity index (χ0n) is 17.0. The van der Waals surface area contributed by atoms with Gasteiger partial charge in [0.1, 0.15) is 28.8 Å². The molecule has 29 heavy (non-hydrogen) atoms. The first-order valence-corrected chi connectivity index (χ1v) is 9.72. The molecule has 0 fully saturated rings. The van der Waals surface area contributed by atoms with Crippen LogP contribution in [0.25, 0.3) is 16.5 Å². The van der Waals surface area contributed by atoms with Crippen LogP contribution >= 0.6 is 0 Å². The van der Waals surface area contributed by atoms with Gasteiger partial charge in [-0.2, -0.15) is 0 Å². The summed E-state index contributed by atoms with van der Waals surface area (Å²) in [7, 11) is 0. The van der Waals surface area contributed by atoms with Gasteiger partial charge in [0.25, 0.3) is 0 Å². The summed E-state index contributed by atoms with van der Waals surface area (Å²) >= 11 is 0. The maximum Gasteiger partial charge on any atom is 0.311 e. The Balaban J connectivity index is 2.49. The van der Waals surface area contributed by atoms with Crippen LogP contribution in [0.5, 0.6) is 23.0 Å². The third-order valence-electron chi connectivity index (χ3n) is 4.48. The molecule has 0 amide bonds. The molecule has 0 atom stereocenters. The largest absolute Gasteiger partial charge is 0.507 e. The van der Waals surface area contributed by atoms with Crippen LogP contribution in [-0.4, -0.2) is 26.4 Å². The van der Waals surface area contributed by atoms with Crippen LogP contribution in [0.1, 0.15) is 58.4 Å². The molecular formula is C23H28O6. The number of esters is 1. The number of benzene rings is 2. The van der Waals surface area contributed by atoms with E-state index in [1.165, 1.54) is 24.3 Å². The molecule has 156 valence electrons. The van der Waals surface area contributed by atoms with Gasteiger partial charge < -0.3 is 25.2 Å². The van der Waals surface area contributed by atoms with E-state index in [1.54, 1.807) is 6.08 Å². The first-order valence-electron chi connectivity index (χ1n) is 9.72. The van der Waals surface area contributed by atoms with Crippen LogP contribution in [0.2, 0.25) is 0 Å². The molecule has 4 N–H and O–H groups in total. The molecule has 6 nitrogen and oxygen atoms in total. The predicted molar refractivity (Wildman–Crippen MR) is 113 cm³/mol. The van der Waals surface area contributed by atoms with Gasteiger partial charge in [0.05, 0.1) is 16.3 Å². The average Bonchev–Trinajstić information content (AvgIpc) is 2.67. The molecule has 0 unspecified atom stereocenters. The summed E-state index contributed by atoms with van der Waals surface area (Å²) in [6, 6.07) is 3.62. The Morgan fingerprint density at radius 1 is 0.931 bits per heavy atom. The Bertz CT molecular complexity index is 952. The van der Waals surface area contributed by atoms with Crippen molar-refractivity contribution in [2.24, 2.45) is 0 Å². The van der Waals surface area contributed by atoms with Gasteiger partial charge in [0.2, 0.25) is 0 Å². The van der Waals surface area contributed by atoms with Crippen LogP contribution in [0, 0.1) is 0 Å². The van der Waals surface area contributed by atoms with Gasteiger partial charge in [-0.05, 0) is 44.5 Å². The first kappa shape index (κ1) is 22.1. The fraction of sp³-hybridized carbons (Fsp3) is 0.348. The van der Waals surface area contributed by atoms with E-state index in [4.69, 9.17) is 4.74 Å². The summed E-state index contributed by atoms with van der Waals surface area (Å²) in [6.45, 7) is 5.81. The molecule has 0 aliphatic rings. The monoisotopic (exact) mass is 400 g/mol. The molecule has 2 aromatic rings. The summed E-state index contributed by atoms with van der Waals surface area (Å²) < 4.78 is 5.48. The standard InChI is InChI=1S/C23H28O6/c1-4-5-6-7-8-20(27)29-19(12-9-14(2)3)15-13-18(26)21-16(24)10-11-17(25)22(21)23(15)28/h9-13,24-26,28H,4-8H2,1-3H3/b19-12-. The summed E-state index contributed by atoms with van der Waals surface area (Å²) in [5.74, 6) is -1.78. The SMILES string of the molecule is CCCCCCC(=O)O/C(=C\C=C(C)C)c1cc(O)c2c(O)ccc(O)c2c1O. The van der Waals surface area contributed by atoms with Gasteiger partial charge in [0, 0.05) is 6.42 Å². The first-order chi connectivity index (χ1) is 13.8. The highest BCUT2D eigenvalue weighted by atomic mass is 16.5. The van der Waals surface area contributed by atoms with Crippen molar-refractivity contribution in [3.8, 4) is 23.0 Å². The van der Waals surface area contributed by atoms with Crippen LogP contribution in [0.4, 0.5) is 0 Å². The number of carbonyl (C=O) groups is 1. The van der Waals surface area contributed by atoms with E-state index in [0.717, 1.165) is 24.8 Å². The lowest BCUT2D eigenvalue weighted by atomic mass is 10.0. The minimum Gasteiger partial charge on any atom is -0.507 e. The Kier molecular flexibility index (Phi) is 7.53. The van der Waals surface area contributed by atoms with Gasteiger partial charge >= 0.3 is 5.97 Å². The van der Waals surface area contributed by atoms with Crippen molar-refractivity contribution in [3.63, 3.8) is 0 Å². The zero-order valence-corrected chi connectivity index (χ0v) is 17.0. The van der Waals surface area contributed by atoms with E-state index >= 15 is 0 Å². The Labute approximate surface area is 170 Å². The van der Waals surface area contributed by atoms with Gasteiger partial charge in [-0.3, -0.25) is 4.79 Å². The van der Waals surface area contributed by atoms with Crippen LogP contribution in [0.15, 0.2) is 35.9 Å². The number of phenols is 4. The number of allylic oxidation sites excluding steroid dienone is 3. The van der Waals surface area contributed by atoms with E-state index in [1.807, 2.05) is 13.8 Å². The third kappa shape index (κ3) is 5.44. The predicted octanol–water partition coefficient (Wildman–Crippen LogP) is 5.48. The molecular weight excluding hydrogens is 372 g/mol. The number of rotatable bonds is 8. The molecule has 0 radical (unpaired) electrons. The number of carbonyl (C=O) groups excluding carboxylic acids is 1. The van der Waals surface area contributed by atoms with Gasteiger partial charge in [-0.25, -0.2) is 0 Å². The normalized spacial score (nSPS) is 11.5. The topological polar surface area (TPSA) is 107 Å². The third-order valence-corrected chi connectivity index (χ3v) is 4.48. The highest BCUT2D eigenvalue weighted by Gasteiger charge is 2.21. The number of hydrogen-bond donors (Lipinski definition) is 4. The second kappa shape index (κ2) is 9.87. The minimum absolute atomic E-state index is 0.0373. The lowest BCUT2D eigenvalue weighted by Gasteiger charge is -2.15. The van der Waals surface area contributed by atoms with Gasteiger partial charge in [0.15, 0.2) is 0 Å². The molecule has 0 aliphatic heterocycles. The zero-order chi connectivity index (χ0) is 21.6. The molecule has 0 bridgehead atoms. The van der Waals surface area contributed by atoms with Crippen molar-refractivity contribution in [1.82, 2.24) is 0 Å². The maximum absolute atomic E-state index is 12.3. The summed E-state index contributed by atoms with van der Waals surface area (Å²) in [6.07, 6.45) is 7.19. The van der Waals surface area contributed by atoms with Crippen molar-refractivity contribution >= 4 is 22.5 Å². The van der Waals surface area contributed by atoms with Gasteiger partial charge in [-0.1, -0.05) is 37.8 Å². The van der Waals surface area contributed by atoms with E-state index in [2.05, 4.69) is 6.92 Å². The van der Waals surface area contributed by atoms with Crippen molar-refractivity contribution in [3.05, 3.63) is 41.5 Å². The molecule has 6 heteroatoms. The highest BCUT2D eigenvalue weighted by molar-refractivity contribution is 6.04. The smallest absolute Gasteiger partial charge is 0.311 e. The lowest BCUT2D eigenvalue weighted by molar-refractivity contribution is -0.136. The molecule has 0 heterocycles. The van der Waals surface area contributed by atoms with Crippen molar-refractivity contribution in [2.75, 3.05) is 0 Å². The highest BCUT2D eigenvalue weighted by Crippen LogP contribution is 2.46. The number of aromatic hydroxyl groups is 4. The molecule has 0 saturated heterocycles. The van der Waals surface area contributed by atoms with E-state index in [-0.39, 0.29) is 45.8 Å². The van der Waals surface area contributed by atoms with Crippen molar-refractivity contribution < 1.29 is 30.0 Å². The lowest BCUT2D eigenvalue weighted by Crippen LogP contribution is -2.04. The van der Waals surface area contributed by atoms with Crippen LogP contribution in [0.3, 0.4) is 0 Å². The fourth-order valence-corrected chi connectivity index (χ4v) is 2.97. The molecule has 0 aromatic heterocycles. The minimum atomic E-state index is -0.450. The number of hydrogen-bond acceptors (Lipinski definition) is 6. The van der Waals surface area contributed by atoms with Crippen LogP contribution in [-0.2, 0) is 9.53 Å².